The summed E-state index contributed by atoms with van der Waals surface area (Å²) in [6.45, 7) is 0. The third-order valence-corrected chi connectivity index (χ3v) is 6.21. The number of benzene rings is 5. The Hall–Kier alpha value is -4.45. The van der Waals surface area contributed by atoms with Crippen molar-refractivity contribution < 1.29 is 25.6 Å². The van der Waals surface area contributed by atoms with E-state index in [1.54, 1.807) is 18.2 Å². The highest BCUT2D eigenvalue weighted by Crippen LogP contribution is 2.36. The van der Waals surface area contributed by atoms with Crippen molar-refractivity contribution in [1.29, 1.82) is 0 Å². The number of hydrogen-bond donors (Lipinski definition) is 2. The molecule has 5 rings (SSSR count). The third kappa shape index (κ3) is 6.41. The number of para-hydroxylation sites is 1. The molecule has 9 nitrogen and oxygen atoms in total. The molecule has 0 fully saturated rings. The molecule has 5 aromatic carbocycles. The molecule has 0 amide bonds. The van der Waals surface area contributed by atoms with Gasteiger partial charge in [-0.2, -0.15) is 8.42 Å². The van der Waals surface area contributed by atoms with Crippen molar-refractivity contribution in [2.75, 3.05) is 5.32 Å². The third-order valence-electron chi connectivity index (χ3n) is 5.32. The van der Waals surface area contributed by atoms with Gasteiger partial charge in [-0.15, -0.1) is 22.9 Å². The van der Waals surface area contributed by atoms with Crippen LogP contribution < -0.4 is 5.32 Å². The number of nitrogens with zero attached hydrogens (tertiary/aromatic N) is 2. The lowest BCUT2D eigenvalue weighted by Crippen LogP contribution is -1.98. The van der Waals surface area contributed by atoms with E-state index >= 15 is 0 Å². The maximum Gasteiger partial charge on any atom is 0.425 e. The Morgan fingerprint density at radius 1 is 0.649 bits per heavy atom. The Labute approximate surface area is 213 Å². The largest absolute Gasteiger partial charge is 0.425 e. The first-order valence-corrected chi connectivity index (χ1v) is 13.2. The number of hydrogen-bond acceptors (Lipinski definition) is 8. The van der Waals surface area contributed by atoms with Crippen molar-refractivity contribution in [3.8, 4) is 0 Å². The number of rotatable bonds is 5. The van der Waals surface area contributed by atoms with Crippen molar-refractivity contribution >= 4 is 65.0 Å². The normalized spacial score (nSPS) is 11.3. The Morgan fingerprint density at radius 2 is 1.19 bits per heavy atom. The molecule has 0 aliphatic carbocycles. The average molecular weight is 534 g/mol. The van der Waals surface area contributed by atoms with E-state index in [2.05, 4.69) is 15.5 Å². The molecule has 0 bridgehead atoms. The molecule has 0 atom stereocenters. The van der Waals surface area contributed by atoms with E-state index in [9.17, 15) is 13.0 Å². The molecule has 0 saturated carbocycles. The second-order valence-electron chi connectivity index (χ2n) is 7.72. The lowest BCUT2D eigenvalue weighted by molar-refractivity contribution is 0.483. The van der Waals surface area contributed by atoms with Crippen molar-refractivity contribution in [1.82, 2.24) is 0 Å². The molecule has 2 N–H and O–H groups in total. The Kier molecular flexibility index (Phi) is 7.68. The summed E-state index contributed by atoms with van der Waals surface area (Å²) in [4.78, 5) is -0.281. The van der Waals surface area contributed by atoms with Crippen LogP contribution in [0.1, 0.15) is 0 Å². The van der Waals surface area contributed by atoms with Crippen LogP contribution in [0, 0.1) is 0 Å². The zero-order valence-electron chi connectivity index (χ0n) is 19.0. The maximum absolute atomic E-state index is 12.0. The van der Waals surface area contributed by atoms with E-state index in [-0.39, 0.29) is 10.6 Å². The molecule has 5 aromatic rings. The highest BCUT2D eigenvalue weighted by atomic mass is 32.2. The Morgan fingerprint density at radius 3 is 1.84 bits per heavy atom. The van der Waals surface area contributed by atoms with Crippen molar-refractivity contribution in [3.63, 3.8) is 0 Å². The molecule has 0 radical (unpaired) electrons. The summed E-state index contributed by atoms with van der Waals surface area (Å²) in [7, 11) is -7.59. The van der Waals surface area contributed by atoms with Gasteiger partial charge in [0.25, 0.3) is 10.1 Å². The van der Waals surface area contributed by atoms with Crippen LogP contribution in [0.2, 0.25) is 0 Å². The summed E-state index contributed by atoms with van der Waals surface area (Å²) in [6.07, 6.45) is 0. The van der Waals surface area contributed by atoms with Gasteiger partial charge in [0.2, 0.25) is 0 Å². The molecule has 0 unspecified atom stereocenters. The fourth-order valence-electron chi connectivity index (χ4n) is 3.76. The highest BCUT2D eigenvalue weighted by Gasteiger charge is 2.17. The standard InChI is InChI=1S/C26H19N3O3S.O3S/c30-33(31,32)26-17-19-9-5-4-8-18(19)16-25(26)29-28-24-15-14-23(21-12-6-7-13-22(21)24)27-20-10-2-1-3-11-20;1-4(2)3/h1-17,27H,(H,30,31,32);. The quantitative estimate of drug-likeness (QED) is 0.197. The highest BCUT2D eigenvalue weighted by molar-refractivity contribution is 7.86. The fourth-order valence-corrected chi connectivity index (χ4v) is 4.40. The maximum atomic E-state index is 12.0. The van der Waals surface area contributed by atoms with Crippen LogP contribution in [0.25, 0.3) is 21.5 Å². The van der Waals surface area contributed by atoms with Gasteiger partial charge in [0, 0.05) is 22.1 Å². The van der Waals surface area contributed by atoms with Crippen LogP contribution in [0.15, 0.2) is 118 Å². The van der Waals surface area contributed by atoms with E-state index in [1.807, 2.05) is 78.9 Å². The average Bonchev–Trinajstić information content (AvgIpc) is 2.87. The fraction of sp³-hybridized carbons (Fsp3) is 0. The molecule has 37 heavy (non-hydrogen) atoms. The SMILES string of the molecule is O=S(=O)(O)c1cc2ccccc2cc1N=Nc1ccc(Nc2ccccc2)c2ccccc12.O=S(=O)=O. The van der Waals surface area contributed by atoms with Gasteiger partial charge in [0.1, 0.15) is 10.6 Å². The predicted octanol–water partition coefficient (Wildman–Crippen LogP) is 6.39. The number of anilines is 2. The summed E-state index contributed by atoms with van der Waals surface area (Å²) in [5.74, 6) is 0. The zero-order valence-corrected chi connectivity index (χ0v) is 20.6. The molecule has 186 valence electrons. The van der Waals surface area contributed by atoms with Crippen LogP contribution in [0.4, 0.5) is 22.7 Å². The minimum Gasteiger partial charge on any atom is -0.355 e. The van der Waals surface area contributed by atoms with E-state index in [4.69, 9.17) is 12.6 Å². The van der Waals surface area contributed by atoms with Crippen molar-refractivity contribution in [2.45, 2.75) is 4.90 Å². The summed E-state index contributed by atoms with van der Waals surface area (Å²) < 4.78 is 59.0. The molecule has 0 aliphatic heterocycles. The molecule has 0 saturated heterocycles. The summed E-state index contributed by atoms with van der Waals surface area (Å²) in [6, 6.07) is 31.6. The molecule has 0 aromatic heterocycles. The topological polar surface area (TPSA) is 142 Å². The zero-order chi connectivity index (χ0) is 26.4. The van der Waals surface area contributed by atoms with Crippen LogP contribution >= 0.6 is 0 Å². The van der Waals surface area contributed by atoms with Crippen LogP contribution in [-0.2, 0) is 20.7 Å². The van der Waals surface area contributed by atoms with Crippen LogP contribution in [0.3, 0.4) is 0 Å². The van der Waals surface area contributed by atoms with Gasteiger partial charge < -0.3 is 5.32 Å². The molecule has 11 heteroatoms. The summed E-state index contributed by atoms with van der Waals surface area (Å²) in [5.41, 5.74) is 2.54. The van der Waals surface area contributed by atoms with Gasteiger partial charge in [-0.3, -0.25) is 4.55 Å². The first-order chi connectivity index (χ1) is 17.7. The lowest BCUT2D eigenvalue weighted by Gasteiger charge is -2.11. The van der Waals surface area contributed by atoms with E-state index in [0.29, 0.717) is 11.1 Å². The molecule has 0 aliphatic rings. The summed E-state index contributed by atoms with van der Waals surface area (Å²) in [5, 5.41) is 15.3. The molecular formula is C26H19N3O6S2. The smallest absolute Gasteiger partial charge is 0.355 e. The molecule has 0 spiro atoms. The molecule has 0 heterocycles. The van der Waals surface area contributed by atoms with Crippen LogP contribution in [-0.4, -0.2) is 25.6 Å². The van der Waals surface area contributed by atoms with E-state index in [0.717, 1.165) is 27.5 Å². The predicted molar refractivity (Wildman–Crippen MR) is 141 cm³/mol. The summed E-state index contributed by atoms with van der Waals surface area (Å²) >= 11 is 0. The van der Waals surface area contributed by atoms with Gasteiger partial charge in [-0.05, 0) is 47.2 Å². The van der Waals surface area contributed by atoms with Gasteiger partial charge in [-0.1, -0.05) is 66.7 Å². The Balaban J connectivity index is 0.000000747. The molecular weight excluding hydrogens is 514 g/mol. The van der Waals surface area contributed by atoms with Gasteiger partial charge >= 0.3 is 10.6 Å². The second-order valence-corrected chi connectivity index (χ2v) is 9.51. The first kappa shape index (κ1) is 25.6. The van der Waals surface area contributed by atoms with Crippen LogP contribution in [0.5, 0.6) is 0 Å². The lowest BCUT2D eigenvalue weighted by atomic mass is 10.1. The second kappa shape index (κ2) is 11.1. The minimum absolute atomic E-state index is 0.0757. The Bertz CT molecular complexity index is 1830. The van der Waals surface area contributed by atoms with Gasteiger partial charge in [-0.25, -0.2) is 0 Å². The monoisotopic (exact) mass is 533 g/mol. The van der Waals surface area contributed by atoms with Crippen molar-refractivity contribution in [3.05, 3.63) is 103 Å². The van der Waals surface area contributed by atoms with Gasteiger partial charge in [0.15, 0.2) is 0 Å². The van der Waals surface area contributed by atoms with Crippen molar-refractivity contribution in [2.24, 2.45) is 10.2 Å². The first-order valence-electron chi connectivity index (χ1n) is 10.7. The van der Waals surface area contributed by atoms with E-state index in [1.165, 1.54) is 6.07 Å². The number of fused-ring (bicyclic) bond motifs is 2. The van der Waals surface area contributed by atoms with Gasteiger partial charge in [0.05, 0.1) is 5.69 Å². The number of nitrogens with one attached hydrogen (secondary N) is 1. The number of azo groups is 1. The minimum atomic E-state index is -4.48. The van der Waals surface area contributed by atoms with E-state index < -0.39 is 20.7 Å².